The summed E-state index contributed by atoms with van der Waals surface area (Å²) < 4.78 is 19.4. The van der Waals surface area contributed by atoms with E-state index in [1.54, 1.807) is 56.4 Å². The molecule has 2 aromatic carbocycles. The Morgan fingerprint density at radius 2 is 2.00 bits per heavy atom. The first-order chi connectivity index (χ1) is 14.4. The smallest absolute Gasteiger partial charge is 0.253 e. The van der Waals surface area contributed by atoms with E-state index in [1.165, 1.54) is 6.07 Å². The van der Waals surface area contributed by atoms with Gasteiger partial charge in [0.05, 0.1) is 17.1 Å². The monoisotopic (exact) mass is 431 g/mol. The van der Waals surface area contributed by atoms with Crippen molar-refractivity contribution in [3.8, 4) is 11.3 Å². The van der Waals surface area contributed by atoms with Gasteiger partial charge in [-0.05, 0) is 48.9 Å². The van der Waals surface area contributed by atoms with Crippen LogP contribution in [0.2, 0.25) is 5.02 Å². The van der Waals surface area contributed by atoms with Crippen LogP contribution in [0.25, 0.3) is 11.3 Å². The molecule has 1 unspecified atom stereocenters. The minimum atomic E-state index is -0.917. The Morgan fingerprint density at radius 1 is 1.23 bits per heavy atom. The Labute approximate surface area is 179 Å². The van der Waals surface area contributed by atoms with Crippen LogP contribution in [0.3, 0.4) is 0 Å². The third kappa shape index (κ3) is 5.18. The van der Waals surface area contributed by atoms with Gasteiger partial charge in [0, 0.05) is 24.8 Å². The molecule has 8 heteroatoms. The van der Waals surface area contributed by atoms with E-state index < -0.39 is 6.23 Å². The number of nitrogens with one attached hydrogen (secondary N) is 3. The zero-order valence-corrected chi connectivity index (χ0v) is 17.4. The van der Waals surface area contributed by atoms with Crippen molar-refractivity contribution in [1.29, 1.82) is 0 Å². The first kappa shape index (κ1) is 21.8. The van der Waals surface area contributed by atoms with Crippen LogP contribution >= 0.6 is 11.6 Å². The van der Waals surface area contributed by atoms with Crippen LogP contribution in [0, 0.1) is 12.7 Å². The number of para-hydroxylation sites is 1. The number of aliphatic hydroxyl groups excluding tert-OH is 1. The van der Waals surface area contributed by atoms with Gasteiger partial charge in [-0.2, -0.15) is 0 Å². The summed E-state index contributed by atoms with van der Waals surface area (Å²) in [7, 11) is 1.55. The number of benzene rings is 2. The molecule has 3 rings (SSSR count). The molecule has 1 heterocycles. The van der Waals surface area contributed by atoms with Crippen LogP contribution < -0.4 is 16.0 Å². The molecule has 30 heavy (non-hydrogen) atoms. The fourth-order valence-corrected chi connectivity index (χ4v) is 3.21. The van der Waals surface area contributed by atoms with Crippen molar-refractivity contribution >= 4 is 23.2 Å². The van der Waals surface area contributed by atoms with E-state index in [-0.39, 0.29) is 23.3 Å². The minimum Gasteiger partial charge on any atom is -0.460 e. The second-order valence-corrected chi connectivity index (χ2v) is 7.17. The van der Waals surface area contributed by atoms with Gasteiger partial charge in [0.25, 0.3) is 5.91 Å². The molecule has 0 bridgehead atoms. The molecule has 158 valence electrons. The Hall–Kier alpha value is -2.87. The molecule has 4 N–H and O–H groups in total. The van der Waals surface area contributed by atoms with Crippen molar-refractivity contribution in [2.24, 2.45) is 0 Å². The Balaban J connectivity index is 1.57. The molecule has 0 aliphatic heterocycles. The van der Waals surface area contributed by atoms with E-state index in [9.17, 15) is 14.3 Å². The maximum absolute atomic E-state index is 13.6. The van der Waals surface area contributed by atoms with E-state index in [0.717, 1.165) is 0 Å². The first-order valence-electron chi connectivity index (χ1n) is 9.40. The summed E-state index contributed by atoms with van der Waals surface area (Å²) in [6, 6.07) is 13.4. The molecule has 1 aromatic heterocycles. The highest BCUT2D eigenvalue weighted by Crippen LogP contribution is 2.31. The fraction of sp³-hybridized carbons (Fsp3) is 0.227. The zero-order valence-electron chi connectivity index (χ0n) is 16.6. The molecule has 0 fully saturated rings. The summed E-state index contributed by atoms with van der Waals surface area (Å²) in [5, 5.41) is 19.1. The third-order valence-electron chi connectivity index (χ3n) is 4.53. The number of hydrogen-bond donors (Lipinski definition) is 4. The van der Waals surface area contributed by atoms with Crippen molar-refractivity contribution in [1.82, 2.24) is 10.6 Å². The standard InChI is InChI=1S/C22H23ClFN3O3/c1-13-9-16(17(23)10-18(13)24)20-8-7-14(30-20)11-26-12-21(28)27-19-6-4-3-5-15(19)22(29)25-2/h3-10,21,26-28H,11-12H2,1-2H3,(H,25,29). The van der Waals surface area contributed by atoms with Crippen LogP contribution in [-0.2, 0) is 6.54 Å². The molecule has 0 radical (unpaired) electrons. The number of aryl methyl sites for hydroxylation is 1. The lowest BCUT2D eigenvalue weighted by Crippen LogP contribution is -2.33. The van der Waals surface area contributed by atoms with Gasteiger partial charge in [0.2, 0.25) is 0 Å². The quantitative estimate of drug-likeness (QED) is 0.406. The van der Waals surface area contributed by atoms with E-state index in [2.05, 4.69) is 16.0 Å². The van der Waals surface area contributed by atoms with Gasteiger partial charge >= 0.3 is 0 Å². The van der Waals surface area contributed by atoms with Gasteiger partial charge < -0.3 is 25.5 Å². The highest BCUT2D eigenvalue weighted by atomic mass is 35.5. The SMILES string of the molecule is CNC(=O)c1ccccc1NC(O)CNCc1ccc(-c2cc(C)c(F)cc2Cl)o1. The van der Waals surface area contributed by atoms with Gasteiger partial charge in [0.15, 0.2) is 0 Å². The molecule has 0 aliphatic carbocycles. The number of halogens is 2. The molecule has 6 nitrogen and oxygen atoms in total. The van der Waals surface area contributed by atoms with Crippen molar-refractivity contribution < 1.29 is 18.7 Å². The topological polar surface area (TPSA) is 86.5 Å². The summed E-state index contributed by atoms with van der Waals surface area (Å²) in [5.41, 5.74) is 2.08. The molecule has 3 aromatic rings. The maximum atomic E-state index is 13.6. The number of carbonyl (C=O) groups excluding carboxylic acids is 1. The summed E-state index contributed by atoms with van der Waals surface area (Å²) in [4.78, 5) is 11.9. The molecule has 1 atom stereocenters. The number of aliphatic hydroxyl groups is 1. The molecular weight excluding hydrogens is 409 g/mol. The van der Waals surface area contributed by atoms with Crippen molar-refractivity contribution in [2.75, 3.05) is 18.9 Å². The van der Waals surface area contributed by atoms with Crippen molar-refractivity contribution in [3.05, 3.63) is 76.3 Å². The molecule has 0 aliphatic rings. The molecule has 0 saturated heterocycles. The Kier molecular flexibility index (Phi) is 7.10. The number of rotatable bonds is 8. The van der Waals surface area contributed by atoms with Crippen molar-refractivity contribution in [3.63, 3.8) is 0 Å². The van der Waals surface area contributed by atoms with Crippen LogP contribution in [0.5, 0.6) is 0 Å². The van der Waals surface area contributed by atoms with Gasteiger partial charge in [0.1, 0.15) is 23.6 Å². The lowest BCUT2D eigenvalue weighted by atomic mass is 10.1. The number of hydrogen-bond acceptors (Lipinski definition) is 5. The summed E-state index contributed by atoms with van der Waals surface area (Å²) in [5.74, 6) is 0.576. The second kappa shape index (κ2) is 9.75. The highest BCUT2D eigenvalue weighted by molar-refractivity contribution is 6.33. The van der Waals surface area contributed by atoms with Crippen molar-refractivity contribution in [2.45, 2.75) is 19.7 Å². The van der Waals surface area contributed by atoms with Gasteiger partial charge in [-0.25, -0.2) is 4.39 Å². The van der Waals surface area contributed by atoms with Crippen LogP contribution in [-0.4, -0.2) is 30.8 Å². The van der Waals surface area contributed by atoms with Gasteiger partial charge in [-0.15, -0.1) is 0 Å². The van der Waals surface area contributed by atoms with Gasteiger partial charge in [-0.1, -0.05) is 23.7 Å². The van der Waals surface area contributed by atoms with Crippen LogP contribution in [0.1, 0.15) is 21.7 Å². The number of furan rings is 1. The number of carbonyl (C=O) groups is 1. The fourth-order valence-electron chi connectivity index (χ4n) is 2.97. The Bertz CT molecular complexity index is 1040. The van der Waals surface area contributed by atoms with E-state index in [4.69, 9.17) is 16.0 Å². The summed E-state index contributed by atoms with van der Waals surface area (Å²) in [6.45, 7) is 2.25. The Morgan fingerprint density at radius 3 is 2.77 bits per heavy atom. The predicted octanol–water partition coefficient (Wildman–Crippen LogP) is 3.93. The van der Waals surface area contributed by atoms with Gasteiger partial charge in [-0.3, -0.25) is 4.79 Å². The molecular formula is C22H23ClFN3O3. The lowest BCUT2D eigenvalue weighted by molar-refractivity contribution is 0.0963. The summed E-state index contributed by atoms with van der Waals surface area (Å²) in [6.07, 6.45) is -0.917. The van der Waals surface area contributed by atoms with E-state index in [0.29, 0.717) is 40.4 Å². The normalized spacial score (nSPS) is 11.9. The van der Waals surface area contributed by atoms with E-state index in [1.807, 2.05) is 0 Å². The summed E-state index contributed by atoms with van der Waals surface area (Å²) >= 11 is 6.13. The average molecular weight is 432 g/mol. The predicted molar refractivity (Wildman–Crippen MR) is 115 cm³/mol. The largest absolute Gasteiger partial charge is 0.460 e. The van der Waals surface area contributed by atoms with E-state index >= 15 is 0 Å². The zero-order chi connectivity index (χ0) is 21.7. The average Bonchev–Trinajstić information content (AvgIpc) is 3.19. The third-order valence-corrected chi connectivity index (χ3v) is 4.85. The molecule has 0 saturated carbocycles. The molecule has 1 amide bonds. The molecule has 0 spiro atoms. The van der Waals surface area contributed by atoms with Crippen LogP contribution in [0.15, 0.2) is 52.9 Å². The second-order valence-electron chi connectivity index (χ2n) is 6.76. The highest BCUT2D eigenvalue weighted by Gasteiger charge is 2.14. The first-order valence-corrected chi connectivity index (χ1v) is 9.78. The van der Waals surface area contributed by atoms with Crippen LogP contribution in [0.4, 0.5) is 10.1 Å². The minimum absolute atomic E-state index is 0.217. The maximum Gasteiger partial charge on any atom is 0.253 e. The number of amides is 1. The number of anilines is 1. The lowest BCUT2D eigenvalue weighted by Gasteiger charge is -2.17.